The van der Waals surface area contributed by atoms with E-state index in [-0.39, 0.29) is 11.7 Å². The summed E-state index contributed by atoms with van der Waals surface area (Å²) in [6, 6.07) is 5.89. The molecule has 2 rings (SSSR count). The van der Waals surface area contributed by atoms with E-state index in [4.69, 9.17) is 15.9 Å². The van der Waals surface area contributed by atoms with Crippen LogP contribution in [0.25, 0.3) is 0 Å². The third-order valence-electron chi connectivity index (χ3n) is 4.70. The molecule has 5 heteroatoms. The lowest BCUT2D eigenvalue weighted by Gasteiger charge is -2.11. The maximum Gasteiger partial charge on any atom is 0.126 e. The van der Waals surface area contributed by atoms with E-state index in [1.165, 1.54) is 25.0 Å². The zero-order chi connectivity index (χ0) is 19.6. The summed E-state index contributed by atoms with van der Waals surface area (Å²) in [7, 11) is 0. The highest BCUT2D eigenvalue weighted by atomic mass is 19.1. The van der Waals surface area contributed by atoms with Gasteiger partial charge in [-0.1, -0.05) is 19.9 Å². The zero-order valence-electron chi connectivity index (χ0n) is 16.2. The van der Waals surface area contributed by atoms with Gasteiger partial charge >= 0.3 is 0 Å². The van der Waals surface area contributed by atoms with Crippen LogP contribution in [0.3, 0.4) is 0 Å². The molecule has 0 aromatic heterocycles. The number of aliphatic imine (C=N–C) groups is 1. The Hall–Kier alpha value is -2.27. The molecule has 0 bridgehead atoms. The van der Waals surface area contributed by atoms with Crippen molar-refractivity contribution in [1.82, 2.24) is 0 Å². The summed E-state index contributed by atoms with van der Waals surface area (Å²) in [5.41, 5.74) is 7.88. The number of halogens is 1. The molecule has 1 aliphatic rings. The molecule has 0 amide bonds. The minimum Gasteiger partial charge on any atom is -0.383 e. The van der Waals surface area contributed by atoms with Gasteiger partial charge in [0.05, 0.1) is 5.71 Å². The molecule has 1 heterocycles. The number of allylic oxidation sites excluding steroid dienone is 2. The number of amidine groups is 1. The molecule has 0 radical (unpaired) electrons. The molecular weight excluding hydrogens is 341 g/mol. The second-order valence-corrected chi connectivity index (χ2v) is 7.23. The Morgan fingerprint density at radius 1 is 1.37 bits per heavy atom. The number of nitrogens with two attached hydrogens (primary N) is 1. The number of nitrogens with one attached hydrogen (secondary N) is 1. The summed E-state index contributed by atoms with van der Waals surface area (Å²) in [6.45, 7) is 5.83. The summed E-state index contributed by atoms with van der Waals surface area (Å²) in [6.07, 6.45) is 9.96. The Balaban J connectivity index is 1.93. The van der Waals surface area contributed by atoms with Gasteiger partial charge in [-0.25, -0.2) is 9.38 Å². The molecule has 27 heavy (non-hydrogen) atoms. The molecule has 1 atom stereocenters. The lowest BCUT2D eigenvalue weighted by molar-refractivity contribution is 0.184. The first-order valence-corrected chi connectivity index (χ1v) is 9.60. The van der Waals surface area contributed by atoms with Crippen LogP contribution >= 0.6 is 0 Å². The fourth-order valence-electron chi connectivity index (χ4n) is 3.02. The van der Waals surface area contributed by atoms with E-state index in [2.05, 4.69) is 4.99 Å². The molecule has 0 spiro atoms. The van der Waals surface area contributed by atoms with E-state index in [1.54, 1.807) is 24.4 Å². The van der Waals surface area contributed by atoms with Gasteiger partial charge in [0.15, 0.2) is 0 Å². The predicted octanol–water partition coefficient (Wildman–Crippen LogP) is 4.85. The van der Waals surface area contributed by atoms with Gasteiger partial charge in [0, 0.05) is 19.4 Å². The molecule has 1 fully saturated rings. The van der Waals surface area contributed by atoms with Crippen LogP contribution < -0.4 is 5.73 Å². The minimum atomic E-state index is -0.314. The van der Waals surface area contributed by atoms with Gasteiger partial charge in [0.25, 0.3) is 0 Å². The van der Waals surface area contributed by atoms with E-state index in [9.17, 15) is 4.39 Å². The van der Waals surface area contributed by atoms with Crippen molar-refractivity contribution < 1.29 is 9.13 Å². The molecular formula is C22H30FN3O. The predicted molar refractivity (Wildman–Crippen MR) is 110 cm³/mol. The highest BCUT2D eigenvalue weighted by molar-refractivity contribution is 6.12. The summed E-state index contributed by atoms with van der Waals surface area (Å²) in [5.74, 6) is 0.939. The molecule has 4 nitrogen and oxygen atoms in total. The number of unbranched alkanes of at least 4 members (excludes halogenated alkanes) is 1. The average molecular weight is 372 g/mol. The highest BCUT2D eigenvalue weighted by Gasteiger charge is 2.14. The molecule has 1 aromatic carbocycles. The van der Waals surface area contributed by atoms with E-state index in [1.807, 2.05) is 19.9 Å². The fraction of sp³-hybridized carbons (Fsp3) is 0.455. The maximum absolute atomic E-state index is 13.0. The Morgan fingerprint density at radius 2 is 2.11 bits per heavy atom. The van der Waals surface area contributed by atoms with Crippen molar-refractivity contribution in [3.8, 4) is 0 Å². The molecule has 1 aromatic rings. The summed E-state index contributed by atoms with van der Waals surface area (Å²) in [4.78, 5) is 4.34. The van der Waals surface area contributed by atoms with E-state index in [0.29, 0.717) is 23.0 Å². The first-order valence-electron chi connectivity index (χ1n) is 9.60. The zero-order valence-corrected chi connectivity index (χ0v) is 16.2. The van der Waals surface area contributed by atoms with Crippen molar-refractivity contribution in [3.05, 3.63) is 59.6 Å². The Labute approximate surface area is 161 Å². The molecule has 0 aliphatic carbocycles. The van der Waals surface area contributed by atoms with Crippen molar-refractivity contribution in [2.75, 3.05) is 13.2 Å². The van der Waals surface area contributed by atoms with Crippen LogP contribution in [0.15, 0.2) is 53.2 Å². The summed E-state index contributed by atoms with van der Waals surface area (Å²) < 4.78 is 18.4. The number of hydrogen-bond acceptors (Lipinski definition) is 3. The second kappa shape index (κ2) is 10.8. The normalized spacial score (nSPS) is 18.6. The van der Waals surface area contributed by atoms with Crippen molar-refractivity contribution >= 4 is 11.5 Å². The van der Waals surface area contributed by atoms with Crippen molar-refractivity contribution in [1.29, 1.82) is 5.41 Å². The lowest BCUT2D eigenvalue weighted by atomic mass is 9.98. The van der Waals surface area contributed by atoms with Crippen LogP contribution in [0, 0.1) is 23.1 Å². The lowest BCUT2D eigenvalue weighted by Crippen LogP contribution is -2.19. The van der Waals surface area contributed by atoms with E-state index >= 15 is 0 Å². The molecule has 1 aliphatic heterocycles. The summed E-state index contributed by atoms with van der Waals surface area (Å²) in [5, 5.41) is 8.23. The first-order chi connectivity index (χ1) is 13.0. The monoisotopic (exact) mass is 371 g/mol. The van der Waals surface area contributed by atoms with Crippen molar-refractivity contribution in [3.63, 3.8) is 0 Å². The van der Waals surface area contributed by atoms with E-state index in [0.717, 1.165) is 31.6 Å². The topological polar surface area (TPSA) is 71.5 Å². The Kier molecular flexibility index (Phi) is 8.40. The van der Waals surface area contributed by atoms with Crippen molar-refractivity contribution in [2.45, 2.75) is 39.5 Å². The summed E-state index contributed by atoms with van der Waals surface area (Å²) >= 11 is 0. The van der Waals surface area contributed by atoms with E-state index < -0.39 is 0 Å². The van der Waals surface area contributed by atoms with Crippen LogP contribution in [-0.4, -0.2) is 24.8 Å². The third-order valence-corrected chi connectivity index (χ3v) is 4.70. The molecule has 146 valence electrons. The quantitative estimate of drug-likeness (QED) is 0.370. The fourth-order valence-corrected chi connectivity index (χ4v) is 3.02. The van der Waals surface area contributed by atoms with Gasteiger partial charge in [-0.2, -0.15) is 0 Å². The molecule has 1 unspecified atom stereocenters. The van der Waals surface area contributed by atoms with Crippen LogP contribution in [0.1, 0.15) is 45.1 Å². The van der Waals surface area contributed by atoms with Gasteiger partial charge in [-0.3, -0.25) is 0 Å². The Morgan fingerprint density at radius 3 is 2.74 bits per heavy atom. The number of rotatable bonds is 9. The van der Waals surface area contributed by atoms with Gasteiger partial charge in [-0.05, 0) is 79.0 Å². The minimum absolute atomic E-state index is 0.130. The SMILES string of the molecule is CC(C)C(=C/C(=N)c1ccc(F)cc1)/C(N)=N/C=C/CCCC1CCOC1. The molecule has 1 saturated heterocycles. The molecule has 0 saturated carbocycles. The number of nitrogens with zero attached hydrogens (tertiary/aromatic N) is 1. The number of hydrogen-bond donors (Lipinski definition) is 2. The highest BCUT2D eigenvalue weighted by Crippen LogP contribution is 2.19. The largest absolute Gasteiger partial charge is 0.383 e. The number of ether oxygens (including phenoxy) is 1. The Bertz CT molecular complexity index is 699. The van der Waals surface area contributed by atoms with Gasteiger partial charge < -0.3 is 15.9 Å². The third kappa shape index (κ3) is 7.10. The van der Waals surface area contributed by atoms with Crippen LogP contribution in [0.4, 0.5) is 4.39 Å². The van der Waals surface area contributed by atoms with Gasteiger partial charge in [-0.15, -0.1) is 0 Å². The van der Waals surface area contributed by atoms with Gasteiger partial charge in [0.2, 0.25) is 0 Å². The van der Waals surface area contributed by atoms with Crippen LogP contribution in [0.5, 0.6) is 0 Å². The molecule has 3 N–H and O–H groups in total. The average Bonchev–Trinajstić information content (AvgIpc) is 3.16. The standard InChI is InChI=1S/C22H30FN3O/c1-16(2)20(14-21(24)18-7-9-19(23)10-8-18)22(25)26-12-5-3-4-6-17-11-13-27-15-17/h5,7-10,12,14,16-17,24H,3-4,6,11,13,15H2,1-2H3,(H2,25,26)/b12-5+,20-14-,24-21?. The smallest absolute Gasteiger partial charge is 0.126 e. The van der Waals surface area contributed by atoms with Crippen molar-refractivity contribution in [2.24, 2.45) is 22.6 Å². The van der Waals surface area contributed by atoms with Crippen LogP contribution in [-0.2, 0) is 4.74 Å². The second-order valence-electron chi connectivity index (χ2n) is 7.23. The number of benzene rings is 1. The maximum atomic E-state index is 13.0. The first kappa shape index (κ1) is 21.0. The van der Waals surface area contributed by atoms with Gasteiger partial charge in [0.1, 0.15) is 11.7 Å². The van der Waals surface area contributed by atoms with Crippen LogP contribution in [0.2, 0.25) is 0 Å².